The molecule has 0 heterocycles. The molecule has 0 aromatic heterocycles. The van der Waals surface area contributed by atoms with E-state index in [1.807, 2.05) is 42.5 Å². The number of carbonyl (C=O) groups is 2. The molecule has 0 aliphatic rings. The van der Waals surface area contributed by atoms with Gasteiger partial charge in [0.15, 0.2) is 0 Å². The monoisotopic (exact) mass is 326 g/mol. The van der Waals surface area contributed by atoms with E-state index in [1.165, 1.54) is 0 Å². The average Bonchev–Trinajstić information content (AvgIpc) is 2.63. The van der Waals surface area contributed by atoms with Crippen molar-refractivity contribution in [1.82, 2.24) is 10.6 Å². The van der Waals surface area contributed by atoms with Crippen LogP contribution in [0.5, 0.6) is 0 Å². The summed E-state index contributed by atoms with van der Waals surface area (Å²) in [4.78, 5) is 23.6. The van der Waals surface area contributed by atoms with Crippen molar-refractivity contribution in [3.8, 4) is 11.1 Å². The lowest BCUT2D eigenvalue weighted by molar-refractivity contribution is -0.121. The fourth-order valence-corrected chi connectivity index (χ4v) is 2.22. The third-order valence-electron chi connectivity index (χ3n) is 3.52. The van der Waals surface area contributed by atoms with Crippen LogP contribution in [0, 0.1) is 0 Å². The fourth-order valence-electron chi connectivity index (χ4n) is 2.22. The van der Waals surface area contributed by atoms with E-state index >= 15 is 0 Å². The summed E-state index contributed by atoms with van der Waals surface area (Å²) in [6.07, 6.45) is 0.248. The standard InChI is InChI=1S/C19H22N2O3/c1-24-14-13-20-18(22)11-12-21-19(23)17-9-7-16(8-10-17)15-5-3-2-4-6-15/h2-10H,11-14H2,1H3,(H,20,22)(H,21,23). The van der Waals surface area contributed by atoms with Crippen LogP contribution in [-0.2, 0) is 9.53 Å². The van der Waals surface area contributed by atoms with Crippen LogP contribution in [0.2, 0.25) is 0 Å². The molecular weight excluding hydrogens is 304 g/mol. The maximum Gasteiger partial charge on any atom is 0.251 e. The molecule has 2 rings (SSSR count). The molecule has 0 aliphatic carbocycles. The van der Waals surface area contributed by atoms with E-state index in [0.717, 1.165) is 11.1 Å². The Hall–Kier alpha value is -2.66. The normalized spacial score (nSPS) is 10.2. The number of nitrogens with one attached hydrogen (secondary N) is 2. The minimum Gasteiger partial charge on any atom is -0.383 e. The van der Waals surface area contributed by atoms with E-state index in [4.69, 9.17) is 4.74 Å². The molecule has 0 saturated heterocycles. The van der Waals surface area contributed by atoms with E-state index in [9.17, 15) is 9.59 Å². The van der Waals surface area contributed by atoms with E-state index < -0.39 is 0 Å². The molecule has 0 radical (unpaired) electrons. The second-order valence-corrected chi connectivity index (χ2v) is 5.29. The van der Waals surface area contributed by atoms with Crippen LogP contribution in [0.3, 0.4) is 0 Å². The van der Waals surface area contributed by atoms with Gasteiger partial charge in [0.2, 0.25) is 5.91 Å². The first kappa shape index (κ1) is 17.7. The number of methoxy groups -OCH3 is 1. The zero-order valence-electron chi connectivity index (χ0n) is 13.7. The molecule has 0 saturated carbocycles. The lowest BCUT2D eigenvalue weighted by Crippen LogP contribution is -2.32. The van der Waals surface area contributed by atoms with Crippen molar-refractivity contribution in [2.45, 2.75) is 6.42 Å². The Morgan fingerprint density at radius 3 is 2.21 bits per heavy atom. The van der Waals surface area contributed by atoms with Gasteiger partial charge in [-0.2, -0.15) is 0 Å². The van der Waals surface area contributed by atoms with Crippen LogP contribution < -0.4 is 10.6 Å². The van der Waals surface area contributed by atoms with Gasteiger partial charge in [0, 0.05) is 32.2 Å². The van der Waals surface area contributed by atoms with Crippen LogP contribution in [0.25, 0.3) is 11.1 Å². The lowest BCUT2D eigenvalue weighted by atomic mass is 10.0. The van der Waals surface area contributed by atoms with Crippen molar-refractivity contribution in [3.05, 3.63) is 60.2 Å². The Balaban J connectivity index is 1.79. The van der Waals surface area contributed by atoms with Crippen LogP contribution in [0.15, 0.2) is 54.6 Å². The molecule has 5 nitrogen and oxygen atoms in total. The highest BCUT2D eigenvalue weighted by Crippen LogP contribution is 2.19. The Morgan fingerprint density at radius 2 is 1.54 bits per heavy atom. The highest BCUT2D eigenvalue weighted by atomic mass is 16.5. The van der Waals surface area contributed by atoms with Crippen LogP contribution >= 0.6 is 0 Å². The topological polar surface area (TPSA) is 67.4 Å². The van der Waals surface area contributed by atoms with Gasteiger partial charge in [-0.05, 0) is 23.3 Å². The first-order valence-electron chi connectivity index (χ1n) is 7.90. The summed E-state index contributed by atoms with van der Waals surface area (Å²) in [7, 11) is 1.58. The summed E-state index contributed by atoms with van der Waals surface area (Å²) in [5.41, 5.74) is 2.75. The smallest absolute Gasteiger partial charge is 0.251 e. The molecule has 2 aromatic carbocycles. The number of benzene rings is 2. The molecule has 0 spiro atoms. The first-order valence-corrected chi connectivity index (χ1v) is 7.90. The Bertz CT molecular complexity index is 654. The molecular formula is C19H22N2O3. The van der Waals surface area contributed by atoms with Gasteiger partial charge in [-0.3, -0.25) is 9.59 Å². The zero-order valence-corrected chi connectivity index (χ0v) is 13.7. The maximum absolute atomic E-state index is 12.1. The molecule has 126 valence electrons. The lowest BCUT2D eigenvalue weighted by Gasteiger charge is -2.07. The minimum absolute atomic E-state index is 0.105. The highest BCUT2D eigenvalue weighted by molar-refractivity contribution is 5.94. The Kier molecular flexibility index (Phi) is 6.98. The number of amides is 2. The van der Waals surface area contributed by atoms with Crippen molar-refractivity contribution in [1.29, 1.82) is 0 Å². The van der Waals surface area contributed by atoms with Crippen molar-refractivity contribution < 1.29 is 14.3 Å². The Morgan fingerprint density at radius 1 is 0.875 bits per heavy atom. The summed E-state index contributed by atoms with van der Waals surface area (Å²) in [6, 6.07) is 17.4. The van der Waals surface area contributed by atoms with Gasteiger partial charge >= 0.3 is 0 Å². The minimum atomic E-state index is -0.181. The largest absolute Gasteiger partial charge is 0.383 e. The average molecular weight is 326 g/mol. The number of ether oxygens (including phenoxy) is 1. The molecule has 2 N–H and O–H groups in total. The van der Waals surface area contributed by atoms with Gasteiger partial charge < -0.3 is 15.4 Å². The van der Waals surface area contributed by atoms with Gasteiger partial charge in [-0.15, -0.1) is 0 Å². The molecule has 0 bridgehead atoms. The second kappa shape index (κ2) is 9.47. The van der Waals surface area contributed by atoms with Gasteiger partial charge in [0.1, 0.15) is 0 Å². The van der Waals surface area contributed by atoms with Gasteiger partial charge in [-0.25, -0.2) is 0 Å². The molecule has 5 heteroatoms. The molecule has 2 amide bonds. The molecule has 2 aromatic rings. The first-order chi connectivity index (χ1) is 11.7. The van der Waals surface area contributed by atoms with E-state index in [1.54, 1.807) is 19.2 Å². The van der Waals surface area contributed by atoms with Crippen molar-refractivity contribution in [2.24, 2.45) is 0 Å². The molecule has 0 aliphatic heterocycles. The third-order valence-corrected chi connectivity index (χ3v) is 3.52. The highest BCUT2D eigenvalue weighted by Gasteiger charge is 2.07. The van der Waals surface area contributed by atoms with E-state index in [2.05, 4.69) is 10.6 Å². The molecule has 0 unspecified atom stereocenters. The number of hydrogen-bond donors (Lipinski definition) is 2. The third kappa shape index (κ3) is 5.52. The predicted octanol–water partition coefficient (Wildman–Crippen LogP) is 2.24. The second-order valence-electron chi connectivity index (χ2n) is 5.29. The van der Waals surface area contributed by atoms with Crippen LogP contribution in [-0.4, -0.2) is 38.6 Å². The van der Waals surface area contributed by atoms with Crippen molar-refractivity contribution in [2.75, 3.05) is 26.8 Å². The van der Waals surface area contributed by atoms with Crippen LogP contribution in [0.4, 0.5) is 0 Å². The summed E-state index contributed by atoms with van der Waals surface area (Å²) >= 11 is 0. The number of hydrogen-bond acceptors (Lipinski definition) is 3. The predicted molar refractivity (Wildman–Crippen MR) is 93.7 cm³/mol. The maximum atomic E-state index is 12.1. The summed E-state index contributed by atoms with van der Waals surface area (Å²) in [5.74, 6) is -0.286. The van der Waals surface area contributed by atoms with Crippen LogP contribution in [0.1, 0.15) is 16.8 Å². The van der Waals surface area contributed by atoms with Crippen molar-refractivity contribution in [3.63, 3.8) is 0 Å². The van der Waals surface area contributed by atoms with Gasteiger partial charge in [-0.1, -0.05) is 42.5 Å². The Labute approximate surface area is 142 Å². The molecule has 24 heavy (non-hydrogen) atoms. The summed E-state index contributed by atoms with van der Waals surface area (Å²) in [5, 5.41) is 5.46. The van der Waals surface area contributed by atoms with E-state index in [0.29, 0.717) is 25.3 Å². The fraction of sp³-hybridized carbons (Fsp3) is 0.263. The molecule has 0 atom stereocenters. The number of rotatable bonds is 8. The number of carbonyl (C=O) groups excluding carboxylic acids is 2. The van der Waals surface area contributed by atoms with E-state index in [-0.39, 0.29) is 18.2 Å². The quantitative estimate of drug-likeness (QED) is 0.731. The SMILES string of the molecule is COCCNC(=O)CCNC(=O)c1ccc(-c2ccccc2)cc1. The molecule has 0 fully saturated rings. The zero-order chi connectivity index (χ0) is 17.2. The summed E-state index contributed by atoms with van der Waals surface area (Å²) in [6.45, 7) is 1.26. The van der Waals surface area contributed by atoms with Crippen molar-refractivity contribution >= 4 is 11.8 Å². The summed E-state index contributed by atoms with van der Waals surface area (Å²) < 4.78 is 4.85. The van der Waals surface area contributed by atoms with Gasteiger partial charge in [0.25, 0.3) is 5.91 Å². The van der Waals surface area contributed by atoms with Gasteiger partial charge in [0.05, 0.1) is 6.61 Å².